The molecule has 0 saturated heterocycles. The molecule has 0 spiro atoms. The first-order valence-corrected chi connectivity index (χ1v) is 5.83. The van der Waals surface area contributed by atoms with Crippen LogP contribution in [0.4, 0.5) is 4.39 Å². The normalized spacial score (nSPS) is 9.95. The summed E-state index contributed by atoms with van der Waals surface area (Å²) in [4.78, 5) is 15.5. The molecule has 1 N–H and O–H groups in total. The summed E-state index contributed by atoms with van der Waals surface area (Å²) in [7, 11) is 0. The number of hydrogen-bond acceptors (Lipinski definition) is 3. The Labute approximate surface area is 110 Å². The second-order valence-electron chi connectivity index (χ2n) is 3.77. The van der Waals surface area contributed by atoms with Gasteiger partial charge in [-0.1, -0.05) is 12.1 Å². The molecule has 0 saturated carbocycles. The fourth-order valence-corrected chi connectivity index (χ4v) is 1.49. The summed E-state index contributed by atoms with van der Waals surface area (Å²) in [5.41, 5.74) is 0.529. The van der Waals surface area contributed by atoms with Crippen molar-refractivity contribution < 1.29 is 13.9 Å². The first-order chi connectivity index (χ1) is 9.27. The second-order valence-corrected chi connectivity index (χ2v) is 3.77. The van der Waals surface area contributed by atoms with Crippen molar-refractivity contribution in [2.24, 2.45) is 0 Å². The minimum absolute atomic E-state index is 0.181. The van der Waals surface area contributed by atoms with Crippen molar-refractivity contribution in [2.45, 2.75) is 0 Å². The Kier molecular flexibility index (Phi) is 4.44. The van der Waals surface area contributed by atoms with Crippen LogP contribution in [0, 0.1) is 5.82 Å². The molecular weight excluding hydrogens is 247 g/mol. The lowest BCUT2D eigenvalue weighted by atomic mass is 10.2. The molecule has 1 aromatic carbocycles. The van der Waals surface area contributed by atoms with Crippen molar-refractivity contribution in [1.29, 1.82) is 0 Å². The number of halogens is 1. The lowest BCUT2D eigenvalue weighted by molar-refractivity contribution is 0.0946. The molecule has 4 nitrogen and oxygen atoms in total. The van der Waals surface area contributed by atoms with Gasteiger partial charge in [0.05, 0.1) is 6.54 Å². The van der Waals surface area contributed by atoms with Crippen molar-refractivity contribution in [3.8, 4) is 5.75 Å². The Balaban J connectivity index is 1.76. The van der Waals surface area contributed by atoms with E-state index in [-0.39, 0.29) is 18.3 Å². The van der Waals surface area contributed by atoms with E-state index in [4.69, 9.17) is 4.74 Å². The van der Waals surface area contributed by atoms with Crippen molar-refractivity contribution in [2.75, 3.05) is 13.2 Å². The van der Waals surface area contributed by atoms with E-state index in [0.717, 1.165) is 0 Å². The molecule has 2 rings (SSSR count). The third-order valence-electron chi connectivity index (χ3n) is 2.42. The smallest absolute Gasteiger partial charge is 0.251 e. The molecule has 1 amide bonds. The van der Waals surface area contributed by atoms with Gasteiger partial charge in [0.15, 0.2) is 11.6 Å². The number of hydrogen-bond donors (Lipinski definition) is 1. The molecule has 5 heteroatoms. The Morgan fingerprint density at radius 1 is 1.21 bits per heavy atom. The van der Waals surface area contributed by atoms with Gasteiger partial charge < -0.3 is 10.1 Å². The highest BCUT2D eigenvalue weighted by molar-refractivity contribution is 5.93. The summed E-state index contributed by atoms with van der Waals surface area (Å²) >= 11 is 0. The van der Waals surface area contributed by atoms with Gasteiger partial charge in [-0.25, -0.2) is 4.39 Å². The monoisotopic (exact) mass is 260 g/mol. The molecule has 0 atom stereocenters. The molecule has 0 fully saturated rings. The van der Waals surface area contributed by atoms with Crippen LogP contribution in [0.15, 0.2) is 48.8 Å². The molecule has 0 aliphatic heterocycles. The Bertz CT molecular complexity index is 546. The molecule has 19 heavy (non-hydrogen) atoms. The second kappa shape index (κ2) is 6.49. The van der Waals surface area contributed by atoms with E-state index in [1.54, 1.807) is 42.7 Å². The quantitative estimate of drug-likeness (QED) is 0.837. The van der Waals surface area contributed by atoms with Gasteiger partial charge in [-0.15, -0.1) is 0 Å². The van der Waals surface area contributed by atoms with Gasteiger partial charge in [-0.05, 0) is 24.3 Å². The SMILES string of the molecule is O=C(NCCOc1ccccc1F)c1ccncc1. The molecule has 0 radical (unpaired) electrons. The number of nitrogens with zero attached hydrogens (tertiary/aromatic N) is 1. The van der Waals surface area contributed by atoms with E-state index in [0.29, 0.717) is 12.1 Å². The Morgan fingerprint density at radius 2 is 1.95 bits per heavy atom. The summed E-state index contributed by atoms with van der Waals surface area (Å²) in [6.45, 7) is 0.507. The maximum Gasteiger partial charge on any atom is 0.251 e. The van der Waals surface area contributed by atoms with Gasteiger partial charge in [0, 0.05) is 18.0 Å². The van der Waals surface area contributed by atoms with E-state index in [1.165, 1.54) is 6.07 Å². The van der Waals surface area contributed by atoms with E-state index in [1.807, 2.05) is 0 Å². The van der Waals surface area contributed by atoms with Crippen molar-refractivity contribution in [1.82, 2.24) is 10.3 Å². The number of carbonyl (C=O) groups is 1. The Morgan fingerprint density at radius 3 is 2.68 bits per heavy atom. The zero-order chi connectivity index (χ0) is 13.5. The molecule has 1 aromatic heterocycles. The van der Waals surface area contributed by atoms with Crippen molar-refractivity contribution >= 4 is 5.91 Å². The van der Waals surface area contributed by atoms with E-state index >= 15 is 0 Å². The number of carbonyl (C=O) groups excluding carboxylic acids is 1. The molecule has 2 aromatic rings. The lowest BCUT2D eigenvalue weighted by Crippen LogP contribution is -2.28. The van der Waals surface area contributed by atoms with Crippen molar-refractivity contribution in [3.63, 3.8) is 0 Å². The maximum atomic E-state index is 13.2. The molecule has 0 aliphatic rings. The highest BCUT2D eigenvalue weighted by atomic mass is 19.1. The van der Waals surface area contributed by atoms with E-state index in [9.17, 15) is 9.18 Å². The molecule has 98 valence electrons. The predicted molar refractivity (Wildman–Crippen MR) is 68.5 cm³/mol. The van der Waals surface area contributed by atoms with Crippen LogP contribution >= 0.6 is 0 Å². The number of ether oxygens (including phenoxy) is 1. The van der Waals surface area contributed by atoms with Crippen LogP contribution in [0.25, 0.3) is 0 Å². The number of pyridine rings is 1. The summed E-state index contributed by atoms with van der Waals surface area (Å²) in [5, 5.41) is 2.67. The third kappa shape index (κ3) is 3.77. The summed E-state index contributed by atoms with van der Waals surface area (Å²) in [5.74, 6) is -0.442. The molecule has 1 heterocycles. The fraction of sp³-hybridized carbons (Fsp3) is 0.143. The summed E-state index contributed by atoms with van der Waals surface area (Å²) in [6, 6.07) is 9.38. The van der Waals surface area contributed by atoms with Gasteiger partial charge in [0.1, 0.15) is 6.61 Å². The zero-order valence-electron chi connectivity index (χ0n) is 10.2. The van der Waals surface area contributed by atoms with Crippen LogP contribution < -0.4 is 10.1 Å². The van der Waals surface area contributed by atoms with Crippen LogP contribution in [0.2, 0.25) is 0 Å². The first-order valence-electron chi connectivity index (χ1n) is 5.83. The summed E-state index contributed by atoms with van der Waals surface area (Å²) in [6.07, 6.45) is 3.09. The van der Waals surface area contributed by atoms with Gasteiger partial charge in [-0.2, -0.15) is 0 Å². The van der Waals surface area contributed by atoms with Crippen LogP contribution in [0.5, 0.6) is 5.75 Å². The molecule has 0 aliphatic carbocycles. The van der Waals surface area contributed by atoms with Gasteiger partial charge in [0.2, 0.25) is 0 Å². The van der Waals surface area contributed by atoms with Crippen LogP contribution in [0.3, 0.4) is 0 Å². The number of nitrogens with one attached hydrogen (secondary N) is 1. The van der Waals surface area contributed by atoms with Crippen LogP contribution in [0.1, 0.15) is 10.4 Å². The highest BCUT2D eigenvalue weighted by Crippen LogP contribution is 2.14. The third-order valence-corrected chi connectivity index (χ3v) is 2.42. The largest absolute Gasteiger partial charge is 0.489 e. The van der Waals surface area contributed by atoms with Gasteiger partial charge in [0.25, 0.3) is 5.91 Å². The number of rotatable bonds is 5. The number of amides is 1. The average Bonchev–Trinajstić information content (AvgIpc) is 2.46. The zero-order valence-corrected chi connectivity index (χ0v) is 10.2. The van der Waals surface area contributed by atoms with Crippen LogP contribution in [-0.4, -0.2) is 24.0 Å². The maximum absolute atomic E-state index is 13.2. The average molecular weight is 260 g/mol. The van der Waals surface area contributed by atoms with E-state index in [2.05, 4.69) is 10.3 Å². The summed E-state index contributed by atoms with van der Waals surface area (Å²) < 4.78 is 18.4. The van der Waals surface area contributed by atoms with Gasteiger partial charge >= 0.3 is 0 Å². The predicted octanol–water partition coefficient (Wildman–Crippen LogP) is 2.03. The minimum atomic E-state index is -0.414. The van der Waals surface area contributed by atoms with E-state index < -0.39 is 5.82 Å². The minimum Gasteiger partial charge on any atom is -0.489 e. The number of para-hydroxylation sites is 1. The fourth-order valence-electron chi connectivity index (χ4n) is 1.49. The molecule has 0 unspecified atom stereocenters. The Hall–Kier alpha value is -2.43. The molecular formula is C14H13FN2O2. The van der Waals surface area contributed by atoms with Crippen LogP contribution in [-0.2, 0) is 0 Å². The molecule has 0 bridgehead atoms. The topological polar surface area (TPSA) is 51.2 Å². The van der Waals surface area contributed by atoms with Gasteiger partial charge in [-0.3, -0.25) is 9.78 Å². The first kappa shape index (κ1) is 13.0. The number of benzene rings is 1. The lowest BCUT2D eigenvalue weighted by Gasteiger charge is -2.08. The number of aromatic nitrogens is 1. The standard InChI is InChI=1S/C14H13FN2O2/c15-12-3-1-2-4-13(12)19-10-9-17-14(18)11-5-7-16-8-6-11/h1-8H,9-10H2,(H,17,18). The van der Waals surface area contributed by atoms with Crippen molar-refractivity contribution in [3.05, 3.63) is 60.2 Å². The highest BCUT2D eigenvalue weighted by Gasteiger charge is 2.04.